The number of carboxylic acid groups (broad SMARTS) is 3. The molecule has 174 valence electrons. The molecule has 3 N–H and O–H groups in total. The van der Waals surface area contributed by atoms with Crippen LogP contribution < -0.4 is 0 Å². The summed E-state index contributed by atoms with van der Waals surface area (Å²) in [5.41, 5.74) is 0. The van der Waals surface area contributed by atoms with Crippen LogP contribution >= 0.6 is 0 Å². The second kappa shape index (κ2) is 15.0. The van der Waals surface area contributed by atoms with E-state index in [9.17, 15) is 29.7 Å². The summed E-state index contributed by atoms with van der Waals surface area (Å²) in [5, 5.41) is 28.7. The van der Waals surface area contributed by atoms with E-state index in [0.29, 0.717) is 12.8 Å². The normalized spacial score (nSPS) is 16.7. The maximum absolute atomic E-state index is 11.7. The van der Waals surface area contributed by atoms with E-state index in [4.69, 9.17) is 0 Å². The van der Waals surface area contributed by atoms with Crippen molar-refractivity contribution < 1.29 is 34.2 Å². The minimum absolute atomic E-state index is 0.177. The maximum atomic E-state index is 11.7. The lowest BCUT2D eigenvalue weighted by Crippen LogP contribution is -2.70. The predicted molar refractivity (Wildman–Crippen MR) is 117 cm³/mol. The van der Waals surface area contributed by atoms with Crippen molar-refractivity contribution in [3.63, 3.8) is 0 Å². The molecular weight excluding hydrogens is 386 g/mol. The molecule has 3 unspecified atom stereocenters. The fourth-order valence-electron chi connectivity index (χ4n) is 4.14. The molecule has 0 aromatic rings. The zero-order chi connectivity index (χ0) is 23.2. The van der Waals surface area contributed by atoms with Crippen molar-refractivity contribution in [2.75, 3.05) is 6.54 Å². The van der Waals surface area contributed by atoms with Gasteiger partial charge in [-0.15, -0.1) is 0 Å². The summed E-state index contributed by atoms with van der Waals surface area (Å²) < 4.78 is -0.508. The lowest BCUT2D eigenvalue weighted by molar-refractivity contribution is -0.968. The minimum Gasteiger partial charge on any atom is -0.477 e. The SMILES string of the molecule is CCCCCCCCC/C=C/CCC[N+](C(C)C(=O)O)(C(C)C(=O)O)C(C)C(=O)O. The molecule has 30 heavy (non-hydrogen) atoms. The monoisotopic (exact) mass is 428 g/mol. The topological polar surface area (TPSA) is 112 Å². The Bertz CT molecular complexity index is 510. The van der Waals surface area contributed by atoms with E-state index in [2.05, 4.69) is 13.0 Å². The third-order valence-corrected chi connectivity index (χ3v) is 6.29. The maximum Gasteiger partial charge on any atom is 0.362 e. The highest BCUT2D eigenvalue weighted by Crippen LogP contribution is 2.27. The van der Waals surface area contributed by atoms with Crippen molar-refractivity contribution in [1.29, 1.82) is 0 Å². The quantitative estimate of drug-likeness (QED) is 0.166. The van der Waals surface area contributed by atoms with Crippen molar-refractivity contribution in [2.24, 2.45) is 0 Å². The number of carbonyl (C=O) groups is 3. The second-order valence-electron chi connectivity index (χ2n) is 8.28. The van der Waals surface area contributed by atoms with E-state index in [-0.39, 0.29) is 6.54 Å². The first-order valence-corrected chi connectivity index (χ1v) is 11.3. The highest BCUT2D eigenvalue weighted by Gasteiger charge is 2.52. The van der Waals surface area contributed by atoms with Gasteiger partial charge in [-0.25, -0.2) is 14.4 Å². The number of hydrogen-bond donors (Lipinski definition) is 3. The smallest absolute Gasteiger partial charge is 0.362 e. The Labute approximate surface area is 181 Å². The number of carboxylic acids is 3. The fraction of sp³-hybridized carbons (Fsp3) is 0.783. The zero-order valence-corrected chi connectivity index (χ0v) is 19.2. The van der Waals surface area contributed by atoms with Crippen molar-refractivity contribution >= 4 is 17.9 Å². The van der Waals surface area contributed by atoms with Crippen LogP contribution in [0.1, 0.15) is 91.9 Å². The number of nitrogens with zero attached hydrogens (tertiary/aromatic N) is 1. The van der Waals surface area contributed by atoms with Gasteiger partial charge in [0.1, 0.15) is 0 Å². The highest BCUT2D eigenvalue weighted by atomic mass is 16.4. The molecule has 0 saturated carbocycles. The van der Waals surface area contributed by atoms with Crippen LogP contribution in [0.5, 0.6) is 0 Å². The lowest BCUT2D eigenvalue weighted by Gasteiger charge is -2.47. The van der Waals surface area contributed by atoms with Gasteiger partial charge in [-0.05, 0) is 40.0 Å². The Kier molecular flexibility index (Phi) is 14.0. The van der Waals surface area contributed by atoms with Crippen LogP contribution in [0.25, 0.3) is 0 Å². The van der Waals surface area contributed by atoms with Gasteiger partial charge in [0.2, 0.25) is 0 Å². The average molecular weight is 429 g/mol. The van der Waals surface area contributed by atoms with Crippen molar-refractivity contribution in [2.45, 2.75) is 110 Å². The van der Waals surface area contributed by atoms with E-state index in [1.54, 1.807) is 0 Å². The molecule has 0 aliphatic carbocycles. The van der Waals surface area contributed by atoms with Gasteiger partial charge in [0.15, 0.2) is 18.1 Å². The molecule has 0 aromatic carbocycles. The first kappa shape index (κ1) is 28.1. The Morgan fingerprint density at radius 3 is 1.43 bits per heavy atom. The van der Waals surface area contributed by atoms with E-state index in [1.165, 1.54) is 59.3 Å². The Hall–Kier alpha value is -1.89. The van der Waals surface area contributed by atoms with Crippen LogP contribution in [0.15, 0.2) is 12.2 Å². The molecule has 0 aliphatic rings. The summed E-state index contributed by atoms with van der Waals surface area (Å²) >= 11 is 0. The van der Waals surface area contributed by atoms with Crippen LogP contribution in [0.4, 0.5) is 0 Å². The number of aliphatic carboxylic acids is 3. The molecule has 0 spiro atoms. The van der Waals surface area contributed by atoms with Crippen LogP contribution in [-0.2, 0) is 14.4 Å². The van der Waals surface area contributed by atoms with Crippen LogP contribution in [0.3, 0.4) is 0 Å². The summed E-state index contributed by atoms with van der Waals surface area (Å²) in [6.45, 7) is 6.59. The second-order valence-corrected chi connectivity index (χ2v) is 8.28. The molecule has 0 rings (SSSR count). The largest absolute Gasteiger partial charge is 0.477 e. The summed E-state index contributed by atoms with van der Waals surface area (Å²) in [5.74, 6) is -3.57. The van der Waals surface area contributed by atoms with Crippen molar-refractivity contribution in [1.82, 2.24) is 0 Å². The predicted octanol–water partition coefficient (Wildman–Crippen LogP) is 4.70. The summed E-state index contributed by atoms with van der Waals surface area (Å²) in [6, 6.07) is -3.42. The molecule has 3 atom stereocenters. The molecule has 0 aliphatic heterocycles. The third kappa shape index (κ3) is 8.86. The summed E-state index contributed by atoms with van der Waals surface area (Å²) in [7, 11) is 0. The molecule has 7 heteroatoms. The van der Waals surface area contributed by atoms with E-state index in [1.807, 2.05) is 6.08 Å². The molecule has 0 saturated heterocycles. The molecular formula is C23H42NO6+. The van der Waals surface area contributed by atoms with Gasteiger partial charge < -0.3 is 15.3 Å². The number of allylic oxidation sites excluding steroid dienone is 2. The molecule has 0 heterocycles. The minimum atomic E-state index is -1.19. The standard InChI is InChI=1S/C23H41NO6/c1-5-6-7-8-9-10-11-12-13-14-15-16-17-24(18(2)21(25)26,19(3)22(27)28)20(4)23(29)30/h13-14,18-20H,5-12,15-17H2,1-4H3,(H2-,25,26,27,28,29,30)/p+1/b14-13+. The van der Waals surface area contributed by atoms with Crippen LogP contribution in [0.2, 0.25) is 0 Å². The van der Waals surface area contributed by atoms with Gasteiger partial charge in [-0.1, -0.05) is 57.6 Å². The molecule has 7 nitrogen and oxygen atoms in total. The molecule has 0 fully saturated rings. The van der Waals surface area contributed by atoms with Gasteiger partial charge in [0.05, 0.1) is 6.54 Å². The zero-order valence-electron chi connectivity index (χ0n) is 19.2. The number of quaternary nitrogens is 1. The van der Waals surface area contributed by atoms with Gasteiger partial charge in [0.25, 0.3) is 0 Å². The highest BCUT2D eigenvalue weighted by molar-refractivity contribution is 5.77. The Balaban J connectivity index is 4.82. The number of hydrogen-bond acceptors (Lipinski definition) is 3. The van der Waals surface area contributed by atoms with Crippen LogP contribution in [-0.4, -0.2) is 62.4 Å². The molecule has 0 radical (unpaired) electrons. The van der Waals surface area contributed by atoms with E-state index in [0.717, 1.165) is 12.8 Å². The summed E-state index contributed by atoms with van der Waals surface area (Å²) in [6.07, 6.45) is 15.1. The lowest BCUT2D eigenvalue weighted by atomic mass is 10.0. The molecule has 0 aromatic heterocycles. The molecule has 0 bridgehead atoms. The van der Waals surface area contributed by atoms with Crippen LogP contribution in [0, 0.1) is 0 Å². The Morgan fingerprint density at radius 1 is 0.667 bits per heavy atom. The number of rotatable bonds is 18. The van der Waals surface area contributed by atoms with Gasteiger partial charge in [-0.2, -0.15) is 0 Å². The number of unbranched alkanes of at least 4 members (excludes halogenated alkanes) is 8. The first-order valence-electron chi connectivity index (χ1n) is 11.3. The first-order chi connectivity index (χ1) is 14.1. The van der Waals surface area contributed by atoms with E-state index >= 15 is 0 Å². The average Bonchev–Trinajstić information content (AvgIpc) is 2.70. The molecule has 0 amide bonds. The Morgan fingerprint density at radius 2 is 1.03 bits per heavy atom. The third-order valence-electron chi connectivity index (χ3n) is 6.29. The fourth-order valence-corrected chi connectivity index (χ4v) is 4.14. The summed E-state index contributed by atoms with van der Waals surface area (Å²) in [4.78, 5) is 35.1. The van der Waals surface area contributed by atoms with Gasteiger partial charge >= 0.3 is 17.9 Å². The van der Waals surface area contributed by atoms with Gasteiger partial charge in [0, 0.05) is 6.42 Å². The van der Waals surface area contributed by atoms with Gasteiger partial charge in [-0.3, -0.25) is 4.48 Å². The van der Waals surface area contributed by atoms with E-state index < -0.39 is 40.5 Å². The van der Waals surface area contributed by atoms with Crippen molar-refractivity contribution in [3.05, 3.63) is 12.2 Å². The van der Waals surface area contributed by atoms with Crippen molar-refractivity contribution in [3.8, 4) is 0 Å².